The van der Waals surface area contributed by atoms with Crippen LogP contribution in [0.5, 0.6) is 0 Å². The number of halogens is 1. The van der Waals surface area contributed by atoms with Crippen molar-refractivity contribution < 1.29 is 14.3 Å². The molecular formula is C26H33BrN2O3S. The summed E-state index contributed by atoms with van der Waals surface area (Å²) in [5.74, 6) is 0.381. The van der Waals surface area contributed by atoms with E-state index in [9.17, 15) is 9.59 Å². The number of amides is 2. The normalized spacial score (nSPS) is 23.2. The number of hydrogen-bond donors (Lipinski definition) is 1. The number of nitrogens with one attached hydrogen (secondary N) is 1. The van der Waals surface area contributed by atoms with E-state index in [4.69, 9.17) is 4.74 Å². The summed E-state index contributed by atoms with van der Waals surface area (Å²) in [4.78, 5) is 30.0. The predicted molar refractivity (Wildman–Crippen MR) is 137 cm³/mol. The number of carbonyl (C=O) groups excluding carboxylic acids is 2. The van der Waals surface area contributed by atoms with E-state index in [0.29, 0.717) is 35.1 Å². The summed E-state index contributed by atoms with van der Waals surface area (Å²) in [6, 6.07) is 7.28. The zero-order valence-corrected chi connectivity index (χ0v) is 22.4. The Balaban J connectivity index is 1.69. The molecule has 2 heterocycles. The van der Waals surface area contributed by atoms with Crippen LogP contribution in [0.4, 0.5) is 5.00 Å². The van der Waals surface area contributed by atoms with Crippen molar-refractivity contribution in [3.63, 3.8) is 0 Å². The van der Waals surface area contributed by atoms with Gasteiger partial charge in [0.05, 0.1) is 17.8 Å². The highest BCUT2D eigenvalue weighted by Gasteiger charge is 2.36. The van der Waals surface area contributed by atoms with Crippen molar-refractivity contribution in [3.05, 3.63) is 50.3 Å². The Morgan fingerprint density at radius 2 is 1.76 bits per heavy atom. The van der Waals surface area contributed by atoms with Crippen LogP contribution in [-0.4, -0.2) is 42.0 Å². The summed E-state index contributed by atoms with van der Waals surface area (Å²) in [6.07, 6.45) is 2.88. The van der Waals surface area contributed by atoms with E-state index in [-0.39, 0.29) is 29.4 Å². The Bertz CT molecular complexity index is 1030. The number of nitrogens with zero attached hydrogens (tertiary/aromatic N) is 1. The van der Waals surface area contributed by atoms with E-state index < -0.39 is 0 Å². The van der Waals surface area contributed by atoms with Gasteiger partial charge < -0.3 is 15.0 Å². The van der Waals surface area contributed by atoms with Crippen molar-refractivity contribution in [2.75, 3.05) is 18.4 Å². The first kappa shape index (κ1) is 24.4. The zero-order chi connectivity index (χ0) is 23.9. The Morgan fingerprint density at radius 3 is 2.36 bits per heavy atom. The first-order valence-electron chi connectivity index (χ1n) is 11.7. The maximum atomic E-state index is 13.8. The Labute approximate surface area is 209 Å². The number of fused-ring (bicyclic) bond motifs is 1. The number of hydrogen-bond acceptors (Lipinski definition) is 4. The van der Waals surface area contributed by atoms with E-state index in [2.05, 4.69) is 42.0 Å². The van der Waals surface area contributed by atoms with Gasteiger partial charge in [0.1, 0.15) is 5.00 Å². The quantitative estimate of drug-likeness (QED) is 0.514. The molecule has 0 saturated carbocycles. The van der Waals surface area contributed by atoms with Crippen molar-refractivity contribution in [2.45, 2.75) is 66.1 Å². The molecule has 1 aromatic heterocycles. The summed E-state index contributed by atoms with van der Waals surface area (Å²) < 4.78 is 6.77. The second kappa shape index (κ2) is 9.51. The lowest BCUT2D eigenvalue weighted by molar-refractivity contribution is -0.0586. The summed E-state index contributed by atoms with van der Waals surface area (Å²) >= 11 is 5.00. The first-order valence-corrected chi connectivity index (χ1v) is 13.3. The van der Waals surface area contributed by atoms with Gasteiger partial charge in [0.25, 0.3) is 11.8 Å². The first-order chi connectivity index (χ1) is 15.5. The molecule has 1 N–H and O–H groups in total. The number of rotatable bonds is 3. The number of benzene rings is 1. The fourth-order valence-corrected chi connectivity index (χ4v) is 6.50. The SMILES string of the molecule is CC1CN(C(=O)c2c(NC(=O)c3ccc(Br)cc3)sc3c2CCC(C(C)(C)C)C3)CC(C)O1. The molecule has 7 heteroatoms. The average Bonchev–Trinajstić information content (AvgIpc) is 3.09. The van der Waals surface area contributed by atoms with Crippen LogP contribution in [0.25, 0.3) is 0 Å². The summed E-state index contributed by atoms with van der Waals surface area (Å²) in [7, 11) is 0. The van der Waals surface area contributed by atoms with Crippen LogP contribution in [-0.2, 0) is 17.6 Å². The topological polar surface area (TPSA) is 58.6 Å². The van der Waals surface area contributed by atoms with Crippen LogP contribution in [0.3, 0.4) is 0 Å². The molecule has 0 bridgehead atoms. The average molecular weight is 534 g/mol. The van der Waals surface area contributed by atoms with Crippen molar-refractivity contribution in [2.24, 2.45) is 11.3 Å². The molecule has 1 aromatic carbocycles. The lowest BCUT2D eigenvalue weighted by atomic mass is 9.72. The maximum absolute atomic E-state index is 13.8. The molecule has 2 amide bonds. The van der Waals surface area contributed by atoms with E-state index in [1.807, 2.05) is 30.9 Å². The van der Waals surface area contributed by atoms with Gasteiger partial charge in [0.2, 0.25) is 0 Å². The molecule has 1 aliphatic heterocycles. The number of morpholine rings is 1. The number of ether oxygens (including phenoxy) is 1. The van der Waals surface area contributed by atoms with Crippen LogP contribution in [0.15, 0.2) is 28.7 Å². The van der Waals surface area contributed by atoms with Gasteiger partial charge >= 0.3 is 0 Å². The van der Waals surface area contributed by atoms with E-state index >= 15 is 0 Å². The third-order valence-corrected chi connectivity index (χ3v) is 8.44. The highest BCUT2D eigenvalue weighted by Crippen LogP contribution is 2.45. The van der Waals surface area contributed by atoms with Crippen molar-refractivity contribution in [1.29, 1.82) is 0 Å². The standard InChI is InChI=1S/C26H33BrN2O3S/c1-15-13-29(14-16(2)32-15)25(31)22-20-11-8-18(26(3,4)5)12-21(20)33-24(22)28-23(30)17-6-9-19(27)10-7-17/h6-7,9-10,15-16,18H,8,11-14H2,1-5H3,(H,28,30). The molecule has 178 valence electrons. The minimum absolute atomic E-state index is 0.00163. The van der Waals surface area contributed by atoms with Gasteiger partial charge in [-0.15, -0.1) is 11.3 Å². The zero-order valence-electron chi connectivity index (χ0n) is 20.0. The molecule has 33 heavy (non-hydrogen) atoms. The highest BCUT2D eigenvalue weighted by atomic mass is 79.9. The minimum Gasteiger partial charge on any atom is -0.372 e. The van der Waals surface area contributed by atoms with E-state index in [0.717, 1.165) is 29.3 Å². The Morgan fingerprint density at radius 1 is 1.12 bits per heavy atom. The maximum Gasteiger partial charge on any atom is 0.257 e. The second-order valence-electron chi connectivity index (χ2n) is 10.4. The minimum atomic E-state index is -0.189. The van der Waals surface area contributed by atoms with Gasteiger partial charge in [-0.3, -0.25) is 9.59 Å². The van der Waals surface area contributed by atoms with Crippen molar-refractivity contribution in [3.8, 4) is 0 Å². The highest BCUT2D eigenvalue weighted by molar-refractivity contribution is 9.10. The van der Waals surface area contributed by atoms with Crippen molar-refractivity contribution in [1.82, 2.24) is 4.90 Å². The third kappa shape index (κ3) is 5.36. The summed E-state index contributed by atoms with van der Waals surface area (Å²) in [5.41, 5.74) is 2.60. The van der Waals surface area contributed by atoms with Gasteiger partial charge in [-0.05, 0) is 74.3 Å². The fraction of sp³-hybridized carbons (Fsp3) is 0.538. The third-order valence-electron chi connectivity index (χ3n) is 6.74. The predicted octanol–water partition coefficient (Wildman–Crippen LogP) is 6.16. The number of thiophene rings is 1. The van der Waals surface area contributed by atoms with Gasteiger partial charge in [0.15, 0.2) is 0 Å². The molecule has 1 saturated heterocycles. The van der Waals surface area contributed by atoms with Gasteiger partial charge in [0, 0.05) is 28.0 Å². The van der Waals surface area contributed by atoms with Crippen LogP contribution >= 0.6 is 27.3 Å². The number of carbonyl (C=O) groups is 2. The van der Waals surface area contributed by atoms with Crippen molar-refractivity contribution >= 4 is 44.1 Å². The summed E-state index contributed by atoms with van der Waals surface area (Å²) in [6.45, 7) is 12.0. The molecule has 1 aliphatic carbocycles. The van der Waals surface area contributed by atoms with Crippen LogP contribution in [0.1, 0.15) is 72.2 Å². The lowest BCUT2D eigenvalue weighted by Crippen LogP contribution is -2.48. The molecule has 0 spiro atoms. The molecule has 1 fully saturated rings. The molecule has 2 aliphatic rings. The van der Waals surface area contributed by atoms with Crippen LogP contribution in [0, 0.1) is 11.3 Å². The van der Waals surface area contributed by atoms with Gasteiger partial charge in [-0.25, -0.2) is 0 Å². The smallest absolute Gasteiger partial charge is 0.257 e. The molecule has 4 rings (SSSR count). The molecule has 3 unspecified atom stereocenters. The fourth-order valence-electron chi connectivity index (χ4n) is 4.92. The monoisotopic (exact) mass is 532 g/mol. The molecule has 2 aromatic rings. The molecule has 5 nitrogen and oxygen atoms in total. The van der Waals surface area contributed by atoms with Crippen LogP contribution < -0.4 is 5.32 Å². The van der Waals surface area contributed by atoms with Crippen LogP contribution in [0.2, 0.25) is 0 Å². The van der Waals surface area contributed by atoms with E-state index in [1.165, 1.54) is 4.88 Å². The summed E-state index contributed by atoms with van der Waals surface area (Å²) in [5, 5.41) is 3.76. The second-order valence-corrected chi connectivity index (χ2v) is 12.5. The largest absolute Gasteiger partial charge is 0.372 e. The lowest BCUT2D eigenvalue weighted by Gasteiger charge is -2.36. The van der Waals surface area contributed by atoms with Gasteiger partial charge in [-0.1, -0.05) is 36.7 Å². The molecular weight excluding hydrogens is 500 g/mol. The van der Waals surface area contributed by atoms with E-state index in [1.54, 1.807) is 23.5 Å². The Kier molecular flexibility index (Phi) is 7.04. The molecule has 0 radical (unpaired) electrons. The Hall–Kier alpha value is -1.70. The number of anilines is 1. The molecule has 3 atom stereocenters. The van der Waals surface area contributed by atoms with Gasteiger partial charge in [-0.2, -0.15) is 0 Å².